The summed E-state index contributed by atoms with van der Waals surface area (Å²) in [5.74, 6) is -1.38. The number of hydrogen-bond donors (Lipinski definition) is 2. The molecule has 2 N–H and O–H groups in total. The first-order valence-corrected chi connectivity index (χ1v) is 9.01. The van der Waals surface area contributed by atoms with Crippen LogP contribution in [0.4, 0.5) is 0 Å². The Morgan fingerprint density at radius 2 is 1.69 bits per heavy atom. The predicted molar refractivity (Wildman–Crippen MR) is 100.0 cm³/mol. The summed E-state index contributed by atoms with van der Waals surface area (Å²) >= 11 is 0. The molecule has 1 saturated heterocycles. The van der Waals surface area contributed by atoms with Gasteiger partial charge in [0.1, 0.15) is 6.04 Å². The van der Waals surface area contributed by atoms with Crippen molar-refractivity contribution in [3.05, 3.63) is 71.3 Å². The van der Waals surface area contributed by atoms with E-state index in [2.05, 4.69) is 10.2 Å². The predicted octanol–water partition coefficient (Wildman–Crippen LogP) is 2.71. The summed E-state index contributed by atoms with van der Waals surface area (Å²) in [7, 11) is 0. The zero-order valence-electron chi connectivity index (χ0n) is 14.7. The Morgan fingerprint density at radius 1 is 1.00 bits per heavy atom. The summed E-state index contributed by atoms with van der Waals surface area (Å²) in [4.78, 5) is 26.5. The Labute approximate surface area is 153 Å². The summed E-state index contributed by atoms with van der Waals surface area (Å²) < 4.78 is 0. The number of carboxylic acid groups (broad SMARTS) is 1. The molecule has 0 aromatic heterocycles. The van der Waals surface area contributed by atoms with Gasteiger partial charge in [-0.25, -0.2) is 4.79 Å². The van der Waals surface area contributed by atoms with E-state index < -0.39 is 12.0 Å². The van der Waals surface area contributed by atoms with Gasteiger partial charge in [-0.15, -0.1) is 0 Å². The van der Waals surface area contributed by atoms with Gasteiger partial charge in [-0.05, 0) is 49.2 Å². The lowest BCUT2D eigenvalue weighted by Crippen LogP contribution is -2.42. The topological polar surface area (TPSA) is 69.6 Å². The van der Waals surface area contributed by atoms with Crippen molar-refractivity contribution in [3.8, 4) is 0 Å². The van der Waals surface area contributed by atoms with Crippen molar-refractivity contribution in [1.29, 1.82) is 0 Å². The zero-order valence-corrected chi connectivity index (χ0v) is 14.7. The molecular weight excluding hydrogens is 328 g/mol. The summed E-state index contributed by atoms with van der Waals surface area (Å²) in [5, 5.41) is 12.1. The Bertz CT molecular complexity index is 755. The van der Waals surface area contributed by atoms with Gasteiger partial charge in [0.05, 0.1) is 0 Å². The van der Waals surface area contributed by atoms with Gasteiger partial charge in [0.15, 0.2) is 0 Å². The fourth-order valence-corrected chi connectivity index (χ4v) is 3.30. The van der Waals surface area contributed by atoms with Crippen LogP contribution in [0.2, 0.25) is 0 Å². The summed E-state index contributed by atoms with van der Waals surface area (Å²) in [6.45, 7) is 3.01. The van der Waals surface area contributed by atoms with Crippen LogP contribution in [-0.2, 0) is 17.8 Å². The number of nitrogens with one attached hydrogen (secondary N) is 1. The molecular formula is C21H24N2O3. The number of carboxylic acids is 1. The minimum Gasteiger partial charge on any atom is -0.480 e. The van der Waals surface area contributed by atoms with Crippen LogP contribution >= 0.6 is 0 Å². The van der Waals surface area contributed by atoms with E-state index >= 15 is 0 Å². The lowest BCUT2D eigenvalue weighted by atomic mass is 10.0. The number of benzene rings is 2. The molecule has 2 aromatic rings. The maximum atomic E-state index is 12.6. The molecule has 136 valence electrons. The minimum absolute atomic E-state index is 0.259. The maximum Gasteiger partial charge on any atom is 0.326 e. The number of likely N-dealkylation sites (tertiary alicyclic amines) is 1. The third kappa shape index (κ3) is 4.92. The zero-order chi connectivity index (χ0) is 18.4. The summed E-state index contributed by atoms with van der Waals surface area (Å²) in [5.41, 5.74) is 2.46. The number of carbonyl (C=O) groups is 2. The number of carbonyl (C=O) groups excluding carboxylic acids is 1. The highest BCUT2D eigenvalue weighted by molar-refractivity contribution is 5.96. The normalized spacial score (nSPS) is 15.5. The Hall–Kier alpha value is -2.66. The third-order valence-electron chi connectivity index (χ3n) is 4.68. The van der Waals surface area contributed by atoms with E-state index in [0.29, 0.717) is 5.56 Å². The highest BCUT2D eigenvalue weighted by Crippen LogP contribution is 2.14. The molecule has 1 fully saturated rings. The van der Waals surface area contributed by atoms with E-state index in [1.165, 1.54) is 12.8 Å². The fourth-order valence-electron chi connectivity index (χ4n) is 3.30. The summed E-state index contributed by atoms with van der Waals surface area (Å²) in [6, 6.07) is 15.8. The molecule has 2 aromatic carbocycles. The molecule has 26 heavy (non-hydrogen) atoms. The molecule has 0 unspecified atom stereocenters. The van der Waals surface area contributed by atoms with Crippen molar-refractivity contribution in [1.82, 2.24) is 10.2 Å². The van der Waals surface area contributed by atoms with Crippen molar-refractivity contribution >= 4 is 11.9 Å². The second-order valence-corrected chi connectivity index (χ2v) is 6.74. The first-order chi connectivity index (χ1) is 12.6. The van der Waals surface area contributed by atoms with Crippen LogP contribution < -0.4 is 5.32 Å². The lowest BCUT2D eigenvalue weighted by Gasteiger charge is -2.17. The van der Waals surface area contributed by atoms with Gasteiger partial charge in [-0.1, -0.05) is 42.5 Å². The molecule has 0 bridgehead atoms. The molecule has 0 radical (unpaired) electrons. The Balaban J connectivity index is 1.66. The maximum absolute atomic E-state index is 12.6. The van der Waals surface area contributed by atoms with E-state index in [-0.39, 0.29) is 12.3 Å². The standard InChI is InChI=1S/C21H24N2O3/c24-20(22-19(21(25)26)14-16-7-2-1-3-8-16)18-10-6-9-17(13-18)15-23-11-4-5-12-23/h1-3,6-10,13,19H,4-5,11-12,14-15H2,(H,22,24)(H,25,26)/t19-/m0/s1. The van der Waals surface area contributed by atoms with Crippen molar-refractivity contribution in [2.24, 2.45) is 0 Å². The molecule has 0 aliphatic carbocycles. The van der Waals surface area contributed by atoms with E-state index in [4.69, 9.17) is 0 Å². The van der Waals surface area contributed by atoms with Gasteiger partial charge in [0.25, 0.3) is 5.91 Å². The SMILES string of the molecule is O=C(N[C@@H](Cc1ccccc1)C(=O)O)c1cccc(CN2CCCC2)c1. The van der Waals surface area contributed by atoms with Crippen LogP contribution in [0, 0.1) is 0 Å². The van der Waals surface area contributed by atoms with Crippen LogP contribution in [0.5, 0.6) is 0 Å². The van der Waals surface area contributed by atoms with Crippen LogP contribution in [0.25, 0.3) is 0 Å². The average Bonchev–Trinajstić information content (AvgIpc) is 3.15. The third-order valence-corrected chi connectivity index (χ3v) is 4.68. The van der Waals surface area contributed by atoms with Crippen molar-refractivity contribution < 1.29 is 14.7 Å². The molecule has 1 heterocycles. The van der Waals surface area contributed by atoms with Crippen molar-refractivity contribution in [2.75, 3.05) is 13.1 Å². The number of aliphatic carboxylic acids is 1. The quantitative estimate of drug-likeness (QED) is 0.804. The number of nitrogens with zero attached hydrogens (tertiary/aromatic N) is 1. The Morgan fingerprint density at radius 3 is 2.38 bits per heavy atom. The van der Waals surface area contributed by atoms with Gasteiger partial charge in [0, 0.05) is 18.5 Å². The van der Waals surface area contributed by atoms with Gasteiger partial charge >= 0.3 is 5.97 Å². The van der Waals surface area contributed by atoms with Crippen molar-refractivity contribution in [2.45, 2.75) is 31.8 Å². The van der Waals surface area contributed by atoms with Crippen LogP contribution in [-0.4, -0.2) is 41.0 Å². The molecule has 1 aliphatic heterocycles. The van der Waals surface area contributed by atoms with E-state index in [9.17, 15) is 14.7 Å². The number of rotatable bonds is 7. The molecule has 5 heteroatoms. The second kappa shape index (κ2) is 8.63. The highest BCUT2D eigenvalue weighted by Gasteiger charge is 2.21. The van der Waals surface area contributed by atoms with E-state index in [0.717, 1.165) is 30.8 Å². The van der Waals surface area contributed by atoms with E-state index in [1.807, 2.05) is 48.5 Å². The van der Waals surface area contributed by atoms with Gasteiger partial charge in [0.2, 0.25) is 0 Å². The monoisotopic (exact) mass is 352 g/mol. The molecule has 1 amide bonds. The van der Waals surface area contributed by atoms with E-state index in [1.54, 1.807) is 6.07 Å². The number of hydrogen-bond acceptors (Lipinski definition) is 3. The van der Waals surface area contributed by atoms with Gasteiger partial charge in [-0.2, -0.15) is 0 Å². The smallest absolute Gasteiger partial charge is 0.326 e. The molecule has 1 aliphatic rings. The lowest BCUT2D eigenvalue weighted by molar-refractivity contribution is -0.139. The first kappa shape index (κ1) is 18.1. The minimum atomic E-state index is -1.03. The molecule has 5 nitrogen and oxygen atoms in total. The van der Waals surface area contributed by atoms with Crippen molar-refractivity contribution in [3.63, 3.8) is 0 Å². The van der Waals surface area contributed by atoms with Crippen LogP contribution in [0.3, 0.4) is 0 Å². The van der Waals surface area contributed by atoms with Crippen LogP contribution in [0.15, 0.2) is 54.6 Å². The molecule has 0 spiro atoms. The van der Waals surface area contributed by atoms with Gasteiger partial charge < -0.3 is 10.4 Å². The van der Waals surface area contributed by atoms with Crippen LogP contribution in [0.1, 0.15) is 34.3 Å². The Kier molecular flexibility index (Phi) is 6.02. The molecule has 3 rings (SSSR count). The first-order valence-electron chi connectivity index (χ1n) is 9.01. The van der Waals surface area contributed by atoms with Gasteiger partial charge in [-0.3, -0.25) is 9.69 Å². The number of amides is 1. The average molecular weight is 352 g/mol. The fraction of sp³-hybridized carbons (Fsp3) is 0.333. The largest absolute Gasteiger partial charge is 0.480 e. The second-order valence-electron chi connectivity index (χ2n) is 6.74. The molecule has 0 saturated carbocycles. The highest BCUT2D eigenvalue weighted by atomic mass is 16.4. The summed E-state index contributed by atoms with van der Waals surface area (Å²) in [6.07, 6.45) is 2.70. The molecule has 1 atom stereocenters.